The molecular weight excluding hydrogens is 378 g/mol. The number of amides is 1. The first kappa shape index (κ1) is 18.3. The molecule has 0 saturated carbocycles. The zero-order valence-corrected chi connectivity index (χ0v) is 17.0. The Morgan fingerprint density at radius 1 is 1.41 bits per heavy atom. The van der Waals surface area contributed by atoms with Crippen molar-refractivity contribution in [3.63, 3.8) is 0 Å². The van der Waals surface area contributed by atoms with Crippen LogP contribution >= 0.6 is 22.9 Å². The number of nitrogens with one attached hydrogen (secondary N) is 1. The lowest BCUT2D eigenvalue weighted by Crippen LogP contribution is -2.14. The molecule has 1 aliphatic rings. The molecule has 0 fully saturated rings. The van der Waals surface area contributed by atoms with E-state index >= 15 is 0 Å². The molecule has 3 aromatic rings. The van der Waals surface area contributed by atoms with Crippen molar-refractivity contribution >= 4 is 50.4 Å². The number of hydrogen-bond donors (Lipinski definition) is 2. The number of nitrogen functional groups attached to an aromatic ring is 1. The van der Waals surface area contributed by atoms with Crippen LogP contribution in [0.3, 0.4) is 0 Å². The zero-order valence-electron chi connectivity index (χ0n) is 15.4. The van der Waals surface area contributed by atoms with E-state index in [-0.39, 0.29) is 5.91 Å². The Bertz CT molecular complexity index is 1040. The van der Waals surface area contributed by atoms with Gasteiger partial charge in [0.1, 0.15) is 9.71 Å². The number of aromatic nitrogens is 1. The maximum atomic E-state index is 12.8. The molecule has 0 unspecified atom stereocenters. The number of halogens is 1. The van der Waals surface area contributed by atoms with Gasteiger partial charge in [-0.3, -0.25) is 4.79 Å². The molecule has 2 aromatic heterocycles. The maximum Gasteiger partial charge on any atom is 0.267 e. The van der Waals surface area contributed by atoms with E-state index in [2.05, 4.69) is 18.3 Å². The summed E-state index contributed by atoms with van der Waals surface area (Å²) in [6.07, 6.45) is 4.42. The van der Waals surface area contributed by atoms with Crippen LogP contribution in [-0.2, 0) is 12.8 Å². The van der Waals surface area contributed by atoms with Crippen molar-refractivity contribution < 1.29 is 4.79 Å². The fourth-order valence-electron chi connectivity index (χ4n) is 3.64. The van der Waals surface area contributed by atoms with Crippen LogP contribution in [-0.4, -0.2) is 10.9 Å². The predicted octanol–water partition coefficient (Wildman–Crippen LogP) is 5.61. The normalized spacial score (nSPS) is 16.3. The molecule has 2 heterocycles. The van der Waals surface area contributed by atoms with Crippen molar-refractivity contribution in [1.82, 2.24) is 4.98 Å². The molecule has 27 heavy (non-hydrogen) atoms. The van der Waals surface area contributed by atoms with Crippen molar-refractivity contribution in [1.29, 1.82) is 0 Å². The molecule has 4 nitrogen and oxygen atoms in total. The summed E-state index contributed by atoms with van der Waals surface area (Å²) in [4.78, 5) is 18.9. The number of fused-ring (bicyclic) bond motifs is 2. The summed E-state index contributed by atoms with van der Waals surface area (Å²) in [5.74, 6) is 0.491. The first-order valence-electron chi connectivity index (χ1n) is 9.24. The standard InChI is InChI=1S/C21H22ClN3OS/c1-3-12-5-7-17-13(8-12)9-15-18(23)19(27-21(15)25-17)20(26)24-14-6-4-11(2)16(22)10-14/h4,6,9-10,12H,3,5,7-8,23H2,1-2H3,(H,24,26)/t12-/m0/s1. The molecule has 0 bridgehead atoms. The quantitative estimate of drug-likeness (QED) is 0.601. The zero-order chi connectivity index (χ0) is 19.1. The predicted molar refractivity (Wildman–Crippen MR) is 114 cm³/mol. The van der Waals surface area contributed by atoms with E-state index in [1.54, 1.807) is 6.07 Å². The van der Waals surface area contributed by atoms with Crippen LogP contribution in [0.2, 0.25) is 5.02 Å². The fourth-order valence-corrected chi connectivity index (χ4v) is 4.81. The van der Waals surface area contributed by atoms with E-state index in [4.69, 9.17) is 22.3 Å². The Morgan fingerprint density at radius 2 is 2.22 bits per heavy atom. The van der Waals surface area contributed by atoms with Crippen molar-refractivity contribution in [2.24, 2.45) is 5.92 Å². The molecule has 0 aliphatic heterocycles. The smallest absolute Gasteiger partial charge is 0.267 e. The molecule has 0 spiro atoms. The number of thiophene rings is 1. The lowest BCUT2D eigenvalue weighted by atomic mass is 9.85. The third-order valence-corrected chi connectivity index (χ3v) is 6.92. The molecule has 1 aromatic carbocycles. The molecule has 4 rings (SSSR count). The number of aryl methyl sites for hydroxylation is 2. The van der Waals surface area contributed by atoms with Crippen molar-refractivity contribution in [3.05, 3.63) is 51.0 Å². The average molecular weight is 400 g/mol. The summed E-state index contributed by atoms with van der Waals surface area (Å²) in [5.41, 5.74) is 10.9. The first-order chi connectivity index (χ1) is 13.0. The minimum absolute atomic E-state index is 0.222. The number of anilines is 2. The number of benzene rings is 1. The lowest BCUT2D eigenvalue weighted by Gasteiger charge is -2.22. The van der Waals surface area contributed by atoms with Gasteiger partial charge in [-0.15, -0.1) is 11.3 Å². The number of pyridine rings is 1. The molecule has 1 atom stereocenters. The Balaban J connectivity index is 1.66. The highest BCUT2D eigenvalue weighted by Crippen LogP contribution is 2.37. The number of rotatable bonds is 3. The van der Waals surface area contributed by atoms with Crippen molar-refractivity contribution in [3.8, 4) is 0 Å². The van der Waals surface area contributed by atoms with Gasteiger partial charge >= 0.3 is 0 Å². The summed E-state index contributed by atoms with van der Waals surface area (Å²) in [6.45, 7) is 4.16. The van der Waals surface area contributed by atoms with E-state index in [1.807, 2.05) is 19.1 Å². The number of carbonyl (C=O) groups is 1. The highest BCUT2D eigenvalue weighted by molar-refractivity contribution is 7.21. The molecule has 6 heteroatoms. The Kier molecular flexibility index (Phi) is 4.82. The molecule has 1 amide bonds. The number of hydrogen-bond acceptors (Lipinski definition) is 4. The largest absolute Gasteiger partial charge is 0.397 e. The molecule has 0 radical (unpaired) electrons. The van der Waals surface area contributed by atoms with Crippen LogP contribution in [0.1, 0.15) is 46.3 Å². The van der Waals surface area contributed by atoms with E-state index < -0.39 is 0 Å². The minimum Gasteiger partial charge on any atom is -0.397 e. The van der Waals surface area contributed by atoms with E-state index in [1.165, 1.54) is 29.7 Å². The minimum atomic E-state index is -0.222. The van der Waals surface area contributed by atoms with Crippen LogP contribution < -0.4 is 11.1 Å². The Morgan fingerprint density at radius 3 is 2.96 bits per heavy atom. The van der Waals surface area contributed by atoms with Crippen LogP contribution in [0, 0.1) is 12.8 Å². The second kappa shape index (κ2) is 7.13. The van der Waals surface area contributed by atoms with Gasteiger partial charge in [0, 0.05) is 21.8 Å². The molecule has 1 aliphatic carbocycles. The second-order valence-electron chi connectivity index (χ2n) is 7.23. The van der Waals surface area contributed by atoms with Gasteiger partial charge in [-0.1, -0.05) is 31.0 Å². The summed E-state index contributed by atoms with van der Waals surface area (Å²) >= 11 is 7.51. The topological polar surface area (TPSA) is 68.0 Å². The first-order valence-corrected chi connectivity index (χ1v) is 10.4. The third kappa shape index (κ3) is 3.42. The number of nitrogens with two attached hydrogens (primary N) is 1. The highest BCUT2D eigenvalue weighted by atomic mass is 35.5. The van der Waals surface area contributed by atoms with Crippen LogP contribution in [0.25, 0.3) is 10.2 Å². The molecular formula is C21H22ClN3OS. The average Bonchev–Trinajstić information content (AvgIpc) is 2.98. The van der Waals surface area contributed by atoms with Gasteiger partial charge < -0.3 is 11.1 Å². The van der Waals surface area contributed by atoms with Crippen LogP contribution in [0.4, 0.5) is 11.4 Å². The number of carbonyl (C=O) groups excluding carboxylic acids is 1. The van der Waals surface area contributed by atoms with Crippen molar-refractivity contribution in [2.75, 3.05) is 11.1 Å². The summed E-state index contributed by atoms with van der Waals surface area (Å²) < 4.78 is 0. The van der Waals surface area contributed by atoms with Gasteiger partial charge in [-0.05, 0) is 61.4 Å². The van der Waals surface area contributed by atoms with E-state index in [9.17, 15) is 4.79 Å². The molecule has 140 valence electrons. The lowest BCUT2D eigenvalue weighted by molar-refractivity contribution is 0.103. The maximum absolute atomic E-state index is 12.8. The van der Waals surface area contributed by atoms with Gasteiger partial charge in [-0.2, -0.15) is 0 Å². The SMILES string of the molecule is CC[C@H]1CCc2nc3sc(C(=O)Nc4ccc(C)c(Cl)c4)c(N)c3cc2C1. The second-order valence-corrected chi connectivity index (χ2v) is 8.63. The third-order valence-electron chi connectivity index (χ3n) is 5.40. The highest BCUT2D eigenvalue weighted by Gasteiger charge is 2.23. The Labute approximate surface area is 167 Å². The van der Waals surface area contributed by atoms with Gasteiger partial charge in [0.15, 0.2) is 0 Å². The molecule has 0 saturated heterocycles. The van der Waals surface area contributed by atoms with E-state index in [0.717, 1.165) is 34.3 Å². The summed E-state index contributed by atoms with van der Waals surface area (Å²) in [7, 11) is 0. The van der Waals surface area contributed by atoms with Crippen LogP contribution in [0.15, 0.2) is 24.3 Å². The van der Waals surface area contributed by atoms with Crippen LogP contribution in [0.5, 0.6) is 0 Å². The summed E-state index contributed by atoms with van der Waals surface area (Å²) in [5, 5.41) is 4.41. The number of nitrogens with zero attached hydrogens (tertiary/aromatic N) is 1. The molecule has 3 N–H and O–H groups in total. The van der Waals surface area contributed by atoms with E-state index in [0.29, 0.717) is 27.2 Å². The van der Waals surface area contributed by atoms with Gasteiger partial charge in [0.05, 0.1) is 5.69 Å². The Hall–Kier alpha value is -2.11. The van der Waals surface area contributed by atoms with Gasteiger partial charge in [0.25, 0.3) is 5.91 Å². The summed E-state index contributed by atoms with van der Waals surface area (Å²) in [6, 6.07) is 7.61. The van der Waals surface area contributed by atoms with Gasteiger partial charge in [-0.25, -0.2) is 4.98 Å². The fraction of sp³-hybridized carbons (Fsp3) is 0.333. The van der Waals surface area contributed by atoms with Gasteiger partial charge in [0.2, 0.25) is 0 Å². The monoisotopic (exact) mass is 399 g/mol. The van der Waals surface area contributed by atoms with Crippen molar-refractivity contribution in [2.45, 2.75) is 39.5 Å².